The van der Waals surface area contributed by atoms with Gasteiger partial charge in [0.05, 0.1) is 7.11 Å². The van der Waals surface area contributed by atoms with E-state index in [1.165, 1.54) is 24.5 Å². The lowest BCUT2D eigenvalue weighted by Crippen LogP contribution is -1.97. The van der Waals surface area contributed by atoms with Gasteiger partial charge in [0.1, 0.15) is 5.75 Å². The van der Waals surface area contributed by atoms with Crippen molar-refractivity contribution < 1.29 is 13.9 Å². The zero-order valence-electron chi connectivity index (χ0n) is 10.8. The van der Waals surface area contributed by atoms with Crippen molar-refractivity contribution in [3.8, 4) is 5.75 Å². The Balaban J connectivity index is 1.95. The van der Waals surface area contributed by atoms with E-state index in [2.05, 4.69) is 10.3 Å². The SMILES string of the molecule is COc1ccc(NC=CC(=O)c2ccc([18F])nc2)cc1. The van der Waals surface area contributed by atoms with Crippen LogP contribution >= 0.6 is 0 Å². The molecule has 0 bridgehead atoms. The Morgan fingerprint density at radius 1 is 1.25 bits per heavy atom. The maximum absolute atomic E-state index is 12.6. The maximum Gasteiger partial charge on any atom is 0.212 e. The van der Waals surface area contributed by atoms with E-state index in [0.717, 1.165) is 17.5 Å². The molecule has 0 saturated heterocycles. The van der Waals surface area contributed by atoms with Gasteiger partial charge in [-0.25, -0.2) is 4.98 Å². The van der Waals surface area contributed by atoms with E-state index in [1.54, 1.807) is 7.11 Å². The largest absolute Gasteiger partial charge is 0.497 e. The average molecular weight is 271 g/mol. The number of hydrogen-bond donors (Lipinski definition) is 1. The first-order valence-corrected chi connectivity index (χ1v) is 5.92. The fourth-order valence-electron chi connectivity index (χ4n) is 1.52. The van der Waals surface area contributed by atoms with Crippen molar-refractivity contribution in [3.05, 3.63) is 66.4 Å². The van der Waals surface area contributed by atoms with Crippen molar-refractivity contribution in [2.75, 3.05) is 12.4 Å². The van der Waals surface area contributed by atoms with Crippen LogP contribution in [0.5, 0.6) is 5.75 Å². The van der Waals surface area contributed by atoms with E-state index in [9.17, 15) is 9.18 Å². The van der Waals surface area contributed by atoms with Crippen LogP contribution in [0.1, 0.15) is 10.4 Å². The van der Waals surface area contributed by atoms with Gasteiger partial charge >= 0.3 is 0 Å². The zero-order chi connectivity index (χ0) is 14.4. The van der Waals surface area contributed by atoms with E-state index < -0.39 is 5.95 Å². The highest BCUT2D eigenvalue weighted by Crippen LogP contribution is 2.14. The maximum atomic E-state index is 12.6. The third-order valence-corrected chi connectivity index (χ3v) is 2.59. The van der Waals surface area contributed by atoms with Crippen molar-refractivity contribution in [1.29, 1.82) is 0 Å². The first-order chi connectivity index (χ1) is 9.69. The molecule has 0 radical (unpaired) electrons. The first-order valence-electron chi connectivity index (χ1n) is 5.92. The van der Waals surface area contributed by atoms with Gasteiger partial charge in [-0.3, -0.25) is 4.79 Å². The number of anilines is 1. The molecule has 2 aromatic rings. The number of rotatable bonds is 5. The second-order valence-corrected chi connectivity index (χ2v) is 3.94. The lowest BCUT2D eigenvalue weighted by Gasteiger charge is -2.02. The summed E-state index contributed by atoms with van der Waals surface area (Å²) in [6.07, 6.45) is 4.09. The second-order valence-electron chi connectivity index (χ2n) is 3.94. The van der Waals surface area contributed by atoms with E-state index in [-0.39, 0.29) is 5.78 Å². The number of carbonyl (C=O) groups excluding carboxylic acids is 1. The van der Waals surface area contributed by atoms with E-state index in [1.807, 2.05) is 24.3 Å². The number of methoxy groups -OCH3 is 1. The minimum absolute atomic E-state index is 0.251. The highest BCUT2D eigenvalue weighted by atomic mass is 18.2. The van der Waals surface area contributed by atoms with Gasteiger partial charge in [0.15, 0.2) is 5.78 Å². The van der Waals surface area contributed by atoms with Gasteiger partial charge in [0, 0.05) is 29.7 Å². The molecule has 1 N–H and O–H groups in total. The number of hydrogen-bond acceptors (Lipinski definition) is 4. The molecule has 0 unspecified atom stereocenters. The number of ether oxygens (including phenoxy) is 1. The van der Waals surface area contributed by atoms with E-state index in [0.29, 0.717) is 5.56 Å². The Labute approximate surface area is 115 Å². The molecule has 20 heavy (non-hydrogen) atoms. The molecular weight excluding hydrogens is 258 g/mol. The molecule has 0 spiro atoms. The molecule has 0 aliphatic carbocycles. The van der Waals surface area contributed by atoms with Crippen LogP contribution in [0.25, 0.3) is 0 Å². The molecule has 0 amide bonds. The summed E-state index contributed by atoms with van der Waals surface area (Å²) in [5.74, 6) is -0.103. The van der Waals surface area contributed by atoms with Crippen LogP contribution in [0, 0.1) is 5.95 Å². The van der Waals surface area contributed by atoms with Gasteiger partial charge in [-0.2, -0.15) is 4.39 Å². The molecule has 1 aromatic heterocycles. The third-order valence-electron chi connectivity index (χ3n) is 2.59. The summed E-state index contributed by atoms with van der Waals surface area (Å²) in [6, 6.07) is 9.81. The van der Waals surface area contributed by atoms with Gasteiger partial charge in [0.2, 0.25) is 5.95 Å². The monoisotopic (exact) mass is 271 g/mol. The number of nitrogens with one attached hydrogen (secondary N) is 1. The summed E-state index contributed by atoms with van der Waals surface area (Å²) in [5, 5.41) is 2.96. The molecule has 0 aliphatic rings. The molecular formula is C15H13FN2O2. The Morgan fingerprint density at radius 2 is 2.00 bits per heavy atom. The second kappa shape index (κ2) is 6.47. The highest BCUT2D eigenvalue weighted by Gasteiger charge is 2.02. The molecule has 0 fully saturated rings. The van der Waals surface area contributed by atoms with Crippen LogP contribution in [0.2, 0.25) is 0 Å². The molecule has 0 aliphatic heterocycles. The van der Waals surface area contributed by atoms with Crippen LogP contribution < -0.4 is 10.1 Å². The summed E-state index contributed by atoms with van der Waals surface area (Å²) in [7, 11) is 1.59. The fourth-order valence-corrected chi connectivity index (χ4v) is 1.52. The first kappa shape index (κ1) is 13.7. The number of halogens is 1. The average Bonchev–Trinajstić information content (AvgIpc) is 2.48. The van der Waals surface area contributed by atoms with Gasteiger partial charge in [-0.15, -0.1) is 0 Å². The van der Waals surface area contributed by atoms with Crippen molar-refractivity contribution in [1.82, 2.24) is 4.98 Å². The van der Waals surface area contributed by atoms with Gasteiger partial charge in [0.25, 0.3) is 0 Å². The molecule has 5 heteroatoms. The Kier molecular flexibility index (Phi) is 4.44. The molecule has 4 nitrogen and oxygen atoms in total. The predicted molar refractivity (Wildman–Crippen MR) is 74.3 cm³/mol. The van der Waals surface area contributed by atoms with Crippen molar-refractivity contribution in [2.45, 2.75) is 0 Å². The molecule has 1 heterocycles. The lowest BCUT2D eigenvalue weighted by molar-refractivity contribution is 0.104. The molecule has 0 saturated carbocycles. The third kappa shape index (κ3) is 3.65. The Morgan fingerprint density at radius 3 is 2.60 bits per heavy atom. The number of nitrogens with zero attached hydrogens (tertiary/aromatic N) is 1. The summed E-state index contributed by atoms with van der Waals surface area (Å²) in [4.78, 5) is 15.2. The smallest absolute Gasteiger partial charge is 0.212 e. The summed E-state index contributed by atoms with van der Waals surface area (Å²) >= 11 is 0. The minimum Gasteiger partial charge on any atom is -0.497 e. The zero-order valence-corrected chi connectivity index (χ0v) is 10.8. The Bertz CT molecular complexity index is 607. The molecule has 0 atom stereocenters. The van der Waals surface area contributed by atoms with Crippen LogP contribution in [0.15, 0.2) is 54.9 Å². The van der Waals surface area contributed by atoms with E-state index >= 15 is 0 Å². The normalized spacial score (nSPS) is 10.5. The quantitative estimate of drug-likeness (QED) is 0.516. The van der Waals surface area contributed by atoms with Gasteiger partial charge < -0.3 is 10.1 Å². The number of aromatic nitrogens is 1. The molecule has 1 aromatic carbocycles. The van der Waals surface area contributed by atoms with Crippen molar-refractivity contribution in [3.63, 3.8) is 0 Å². The lowest BCUT2D eigenvalue weighted by atomic mass is 10.2. The van der Waals surface area contributed by atoms with E-state index in [4.69, 9.17) is 4.74 Å². The summed E-state index contributed by atoms with van der Waals surface area (Å²) in [6.45, 7) is 0. The number of benzene rings is 1. The van der Waals surface area contributed by atoms with Crippen LogP contribution in [-0.4, -0.2) is 17.9 Å². The standard InChI is InChI=1S/C15H13FN2O2/c1-20-13-5-3-12(4-6-13)17-9-8-14(19)11-2-7-15(16)18-10-11/h2-10,17H,1H3/i16-1. The molecule has 2 rings (SSSR count). The van der Waals surface area contributed by atoms with Gasteiger partial charge in [-0.1, -0.05) is 0 Å². The van der Waals surface area contributed by atoms with Crippen molar-refractivity contribution in [2.24, 2.45) is 0 Å². The van der Waals surface area contributed by atoms with Crippen LogP contribution in [-0.2, 0) is 0 Å². The minimum atomic E-state index is -0.609. The fraction of sp³-hybridized carbons (Fsp3) is 0.0667. The predicted octanol–water partition coefficient (Wildman–Crippen LogP) is 3.04. The number of ketones is 1. The number of carbonyl (C=O) groups is 1. The number of pyridine rings is 1. The Hall–Kier alpha value is -2.69. The van der Waals surface area contributed by atoms with Crippen molar-refractivity contribution >= 4 is 11.5 Å². The topological polar surface area (TPSA) is 51.2 Å². The summed E-state index contributed by atoms with van der Waals surface area (Å²) < 4.78 is 17.7. The highest BCUT2D eigenvalue weighted by molar-refractivity contribution is 6.04. The summed E-state index contributed by atoms with van der Waals surface area (Å²) in [5.41, 5.74) is 1.16. The van der Waals surface area contributed by atoms with Crippen LogP contribution in [0.3, 0.4) is 0 Å². The number of allylic oxidation sites excluding steroid dienone is 1. The van der Waals surface area contributed by atoms with Gasteiger partial charge in [-0.05, 0) is 36.4 Å². The molecule has 102 valence electrons. The van der Waals surface area contributed by atoms with Crippen LogP contribution in [0.4, 0.5) is 10.1 Å².